The summed E-state index contributed by atoms with van der Waals surface area (Å²) in [7, 11) is 0. The molecule has 0 unspecified atom stereocenters. The fourth-order valence-corrected chi connectivity index (χ4v) is 1.24. The molecule has 0 amide bonds. The van der Waals surface area contributed by atoms with Crippen molar-refractivity contribution < 1.29 is 10.2 Å². The Balaban J connectivity index is 2.95. The molecule has 0 saturated carbocycles. The van der Waals surface area contributed by atoms with Gasteiger partial charge in [0.25, 0.3) is 5.56 Å². The maximum atomic E-state index is 10.9. The third-order valence-corrected chi connectivity index (χ3v) is 1.82. The fourth-order valence-electron chi connectivity index (χ4n) is 1.24. The summed E-state index contributed by atoms with van der Waals surface area (Å²) < 4.78 is 0. The minimum atomic E-state index is -0.365. The van der Waals surface area contributed by atoms with E-state index in [1.54, 1.807) is 6.07 Å². The van der Waals surface area contributed by atoms with Crippen molar-refractivity contribution in [1.29, 1.82) is 0 Å². The molecule has 1 heterocycles. The Morgan fingerprint density at radius 2 is 1.92 bits per heavy atom. The molecule has 4 nitrogen and oxygen atoms in total. The first kappa shape index (κ1) is 7.67. The van der Waals surface area contributed by atoms with Crippen molar-refractivity contribution in [2.24, 2.45) is 0 Å². The van der Waals surface area contributed by atoms with Crippen molar-refractivity contribution in [2.75, 3.05) is 0 Å². The zero-order chi connectivity index (χ0) is 9.42. The first-order chi connectivity index (χ1) is 6.16. The molecule has 0 bridgehead atoms. The quantitative estimate of drug-likeness (QED) is 0.560. The normalized spacial score (nSPS) is 10.5. The molecule has 66 valence electrons. The molecule has 4 heteroatoms. The fraction of sp³-hybridized carbons (Fsp3) is 0. The summed E-state index contributed by atoms with van der Waals surface area (Å²) in [6.45, 7) is 0. The van der Waals surface area contributed by atoms with Crippen molar-refractivity contribution in [2.45, 2.75) is 0 Å². The minimum Gasteiger partial charge on any atom is -0.508 e. The molecule has 0 aliphatic rings. The predicted molar refractivity (Wildman–Crippen MR) is 47.9 cm³/mol. The van der Waals surface area contributed by atoms with E-state index in [-0.39, 0.29) is 17.2 Å². The SMILES string of the molecule is O=c1cc2ccc(O)cc2c(O)[nH]1. The van der Waals surface area contributed by atoms with Crippen LogP contribution in [0.15, 0.2) is 29.1 Å². The van der Waals surface area contributed by atoms with Gasteiger partial charge < -0.3 is 10.2 Å². The topological polar surface area (TPSA) is 73.3 Å². The summed E-state index contributed by atoms with van der Waals surface area (Å²) in [5.41, 5.74) is -0.365. The van der Waals surface area contributed by atoms with Crippen LogP contribution in [-0.2, 0) is 0 Å². The van der Waals surface area contributed by atoms with Gasteiger partial charge in [-0.2, -0.15) is 0 Å². The van der Waals surface area contributed by atoms with Crippen LogP contribution < -0.4 is 5.56 Å². The molecule has 0 aliphatic carbocycles. The summed E-state index contributed by atoms with van der Waals surface area (Å²) in [6, 6.07) is 5.77. The summed E-state index contributed by atoms with van der Waals surface area (Å²) in [6.07, 6.45) is 0. The number of benzene rings is 1. The van der Waals surface area contributed by atoms with Gasteiger partial charge in [0.15, 0.2) is 5.88 Å². The second-order valence-electron chi connectivity index (χ2n) is 2.75. The Morgan fingerprint density at radius 1 is 1.15 bits per heavy atom. The Hall–Kier alpha value is -1.97. The molecule has 0 spiro atoms. The molecule has 3 N–H and O–H groups in total. The third kappa shape index (κ3) is 1.22. The number of H-pyrrole nitrogens is 1. The van der Waals surface area contributed by atoms with E-state index in [1.807, 2.05) is 0 Å². The van der Waals surface area contributed by atoms with Gasteiger partial charge in [0, 0.05) is 11.5 Å². The second kappa shape index (κ2) is 2.52. The van der Waals surface area contributed by atoms with E-state index in [1.165, 1.54) is 18.2 Å². The van der Waals surface area contributed by atoms with Gasteiger partial charge >= 0.3 is 0 Å². The van der Waals surface area contributed by atoms with Crippen LogP contribution in [0.4, 0.5) is 0 Å². The zero-order valence-electron chi connectivity index (χ0n) is 6.61. The minimum absolute atomic E-state index is 0.0508. The number of aromatic hydroxyl groups is 2. The van der Waals surface area contributed by atoms with Gasteiger partial charge in [-0.15, -0.1) is 0 Å². The average Bonchev–Trinajstić information content (AvgIpc) is 2.06. The molecule has 2 rings (SSSR count). The Bertz CT molecular complexity index is 516. The summed E-state index contributed by atoms with van der Waals surface area (Å²) in [5, 5.41) is 19.5. The summed E-state index contributed by atoms with van der Waals surface area (Å²) in [4.78, 5) is 13.1. The first-order valence-corrected chi connectivity index (χ1v) is 3.72. The number of hydrogen-bond acceptors (Lipinski definition) is 3. The van der Waals surface area contributed by atoms with Crippen molar-refractivity contribution in [3.05, 3.63) is 34.6 Å². The molecule has 2 aromatic rings. The lowest BCUT2D eigenvalue weighted by Crippen LogP contribution is -2.02. The molecular formula is C9H7NO3. The van der Waals surface area contributed by atoms with E-state index >= 15 is 0 Å². The number of rotatable bonds is 0. The Labute approximate surface area is 73.1 Å². The smallest absolute Gasteiger partial charge is 0.251 e. The van der Waals surface area contributed by atoms with Crippen molar-refractivity contribution in [3.8, 4) is 11.6 Å². The highest BCUT2D eigenvalue weighted by Gasteiger charge is 2.01. The average molecular weight is 177 g/mol. The van der Waals surface area contributed by atoms with Gasteiger partial charge in [0.2, 0.25) is 0 Å². The Morgan fingerprint density at radius 3 is 2.69 bits per heavy atom. The van der Waals surface area contributed by atoms with E-state index in [0.29, 0.717) is 10.8 Å². The molecule has 1 aromatic heterocycles. The molecule has 13 heavy (non-hydrogen) atoms. The number of pyridine rings is 1. The van der Waals surface area contributed by atoms with Gasteiger partial charge in [-0.05, 0) is 17.5 Å². The van der Waals surface area contributed by atoms with Gasteiger partial charge in [0.1, 0.15) is 5.75 Å². The molecule has 0 radical (unpaired) electrons. The first-order valence-electron chi connectivity index (χ1n) is 3.72. The number of phenols is 1. The lowest BCUT2D eigenvalue weighted by atomic mass is 10.1. The molecular weight excluding hydrogens is 170 g/mol. The molecule has 0 aliphatic heterocycles. The van der Waals surface area contributed by atoms with Crippen LogP contribution in [0.3, 0.4) is 0 Å². The number of phenolic OH excluding ortho intramolecular Hbond substituents is 1. The van der Waals surface area contributed by atoms with E-state index in [0.717, 1.165) is 0 Å². The Kier molecular flexibility index (Phi) is 1.48. The maximum absolute atomic E-state index is 10.9. The van der Waals surface area contributed by atoms with Crippen LogP contribution in [0.1, 0.15) is 0 Å². The third-order valence-electron chi connectivity index (χ3n) is 1.82. The van der Waals surface area contributed by atoms with E-state index in [9.17, 15) is 9.90 Å². The predicted octanol–water partition coefficient (Wildman–Crippen LogP) is 0.939. The van der Waals surface area contributed by atoms with Gasteiger partial charge in [-0.25, -0.2) is 0 Å². The molecule has 0 fully saturated rings. The highest BCUT2D eigenvalue weighted by atomic mass is 16.3. The van der Waals surface area contributed by atoms with Gasteiger partial charge in [-0.3, -0.25) is 9.78 Å². The summed E-state index contributed by atoms with van der Waals surface area (Å²) >= 11 is 0. The largest absolute Gasteiger partial charge is 0.508 e. The lowest BCUT2D eigenvalue weighted by Gasteiger charge is -1.99. The number of nitrogens with one attached hydrogen (secondary N) is 1. The van der Waals surface area contributed by atoms with Crippen molar-refractivity contribution >= 4 is 10.8 Å². The number of aromatic nitrogens is 1. The number of hydrogen-bond donors (Lipinski definition) is 3. The van der Waals surface area contributed by atoms with E-state index in [2.05, 4.69) is 4.98 Å². The van der Waals surface area contributed by atoms with Crippen LogP contribution in [0.5, 0.6) is 11.6 Å². The molecule has 1 aromatic carbocycles. The van der Waals surface area contributed by atoms with Gasteiger partial charge in [0.05, 0.1) is 0 Å². The van der Waals surface area contributed by atoms with E-state index < -0.39 is 0 Å². The maximum Gasteiger partial charge on any atom is 0.251 e. The lowest BCUT2D eigenvalue weighted by molar-refractivity contribution is 0.456. The van der Waals surface area contributed by atoms with Crippen LogP contribution >= 0.6 is 0 Å². The van der Waals surface area contributed by atoms with Crippen LogP contribution in [-0.4, -0.2) is 15.2 Å². The van der Waals surface area contributed by atoms with Crippen molar-refractivity contribution in [1.82, 2.24) is 4.98 Å². The van der Waals surface area contributed by atoms with Crippen LogP contribution in [0.2, 0.25) is 0 Å². The summed E-state index contributed by atoms with van der Waals surface area (Å²) in [5.74, 6) is -0.173. The molecule has 0 saturated heterocycles. The van der Waals surface area contributed by atoms with Gasteiger partial charge in [-0.1, -0.05) is 6.07 Å². The second-order valence-corrected chi connectivity index (χ2v) is 2.75. The zero-order valence-corrected chi connectivity index (χ0v) is 6.61. The van der Waals surface area contributed by atoms with E-state index in [4.69, 9.17) is 5.11 Å². The number of aromatic amines is 1. The highest BCUT2D eigenvalue weighted by molar-refractivity contribution is 5.87. The standard InChI is InChI=1S/C9H7NO3/c11-6-2-1-5-3-8(12)10-9(13)7(5)4-6/h1-4,11H,(H2,10,12,13). The monoisotopic (exact) mass is 177 g/mol. The highest BCUT2D eigenvalue weighted by Crippen LogP contribution is 2.23. The number of fused-ring (bicyclic) bond motifs is 1. The molecule has 0 atom stereocenters. The van der Waals surface area contributed by atoms with Crippen LogP contribution in [0, 0.1) is 0 Å². The van der Waals surface area contributed by atoms with Crippen LogP contribution in [0.25, 0.3) is 10.8 Å². The van der Waals surface area contributed by atoms with Crippen molar-refractivity contribution in [3.63, 3.8) is 0 Å².